The number of amides is 2. The Hall–Kier alpha value is -2.80. The van der Waals surface area contributed by atoms with Crippen LogP contribution in [0.2, 0.25) is 25.7 Å². The van der Waals surface area contributed by atoms with Crippen molar-refractivity contribution in [2.24, 2.45) is 0 Å². The van der Waals surface area contributed by atoms with Crippen molar-refractivity contribution in [1.82, 2.24) is 25.2 Å². The first-order valence-corrected chi connectivity index (χ1v) is 18.5. The van der Waals surface area contributed by atoms with Crippen molar-refractivity contribution < 1.29 is 23.2 Å². The van der Waals surface area contributed by atoms with E-state index in [1.165, 1.54) is 12.3 Å². The Morgan fingerprint density at radius 3 is 2.50 bits per heavy atom. The van der Waals surface area contributed by atoms with Crippen molar-refractivity contribution in [2.45, 2.75) is 89.7 Å². The summed E-state index contributed by atoms with van der Waals surface area (Å²) in [4.78, 5) is 29.3. The van der Waals surface area contributed by atoms with E-state index in [4.69, 9.17) is 32.5 Å². The lowest BCUT2D eigenvalue weighted by molar-refractivity contribution is -0.118. The van der Waals surface area contributed by atoms with Crippen molar-refractivity contribution in [1.29, 1.82) is 0 Å². The fraction of sp³-hybridized carbons (Fsp3) is 0.536. The molecule has 0 fully saturated rings. The van der Waals surface area contributed by atoms with E-state index in [0.717, 1.165) is 11.7 Å². The number of carbonyl (C=O) groups excluding carboxylic acids is 2. The molecule has 10 nitrogen and oxygen atoms in total. The highest BCUT2D eigenvalue weighted by Crippen LogP contribution is 2.30. The normalized spacial score (nSPS) is 12.5. The maximum absolute atomic E-state index is 15.4. The molecule has 3 aromatic heterocycles. The van der Waals surface area contributed by atoms with Gasteiger partial charge in [0.25, 0.3) is 5.91 Å². The number of nitrogens with one attached hydrogen (secondary N) is 2. The number of pyridine rings is 1. The third-order valence-electron chi connectivity index (χ3n) is 6.68. The number of hydrogen-bond donors (Lipinski definition) is 2. The van der Waals surface area contributed by atoms with E-state index in [2.05, 4.69) is 45.5 Å². The standard InChI is InChI=1S/C28H39Cl2FN6O4Si/c1-7-22-25(18(3)35-37(22)16-40-13-14-42(4,5)6)19-11-12-24(33-26(19)31)34-28(39)21(9-8-10-23(29)30)32-27(38)20-15-41-36-17(20)2/h11-12,15,21,23H,7-10,13-14,16H2,1-6H3,(H,32,38)(H,33,34,39). The zero-order valence-corrected chi connectivity index (χ0v) is 27.4. The minimum absolute atomic E-state index is 0.00648. The third-order valence-corrected chi connectivity index (χ3v) is 8.82. The Bertz CT molecular complexity index is 1370. The molecule has 0 saturated heterocycles. The number of nitrogens with zero attached hydrogens (tertiary/aromatic N) is 4. The Labute approximate surface area is 256 Å². The quantitative estimate of drug-likeness (QED) is 0.0867. The SMILES string of the molecule is CCc1c(-c2ccc(NC(=O)C(CCCC(Cl)Cl)NC(=O)c3conc3C)nc2F)c(C)nn1COCC[Si](C)(C)C. The molecule has 0 radical (unpaired) electrons. The molecule has 0 aliphatic rings. The molecule has 2 amide bonds. The Morgan fingerprint density at radius 1 is 1.17 bits per heavy atom. The molecule has 0 aliphatic heterocycles. The van der Waals surface area contributed by atoms with Crippen LogP contribution in [0.5, 0.6) is 0 Å². The summed E-state index contributed by atoms with van der Waals surface area (Å²) in [7, 11) is -1.22. The third kappa shape index (κ3) is 9.35. The van der Waals surface area contributed by atoms with Crippen LogP contribution in [-0.4, -0.2) is 57.3 Å². The van der Waals surface area contributed by atoms with Crippen LogP contribution in [0.4, 0.5) is 10.2 Å². The Morgan fingerprint density at radius 2 is 1.90 bits per heavy atom. The average Bonchev–Trinajstić information content (AvgIpc) is 3.47. The number of aryl methyl sites for hydroxylation is 2. The van der Waals surface area contributed by atoms with E-state index < -0.39 is 36.7 Å². The average molecular weight is 642 g/mol. The molecule has 230 valence electrons. The molecule has 0 spiro atoms. The van der Waals surface area contributed by atoms with Gasteiger partial charge >= 0.3 is 0 Å². The van der Waals surface area contributed by atoms with Gasteiger partial charge in [-0.3, -0.25) is 9.59 Å². The number of ether oxygens (including phenoxy) is 1. The van der Waals surface area contributed by atoms with Crippen molar-refractivity contribution >= 4 is 48.9 Å². The fourth-order valence-corrected chi connectivity index (χ4v) is 5.44. The second kappa shape index (κ2) is 15.1. The molecule has 3 heterocycles. The van der Waals surface area contributed by atoms with Crippen molar-refractivity contribution in [3.8, 4) is 11.1 Å². The lowest BCUT2D eigenvalue weighted by atomic mass is 10.0. The smallest absolute Gasteiger partial charge is 0.257 e. The number of halogens is 3. The van der Waals surface area contributed by atoms with Crippen LogP contribution < -0.4 is 10.6 Å². The first-order chi connectivity index (χ1) is 19.8. The summed E-state index contributed by atoms with van der Waals surface area (Å²) in [5.74, 6) is -1.84. The minimum Gasteiger partial charge on any atom is -0.364 e. The largest absolute Gasteiger partial charge is 0.364 e. The molecule has 0 saturated carbocycles. The molecular weight excluding hydrogens is 602 g/mol. The summed E-state index contributed by atoms with van der Waals surface area (Å²) in [6, 6.07) is 3.17. The van der Waals surface area contributed by atoms with Gasteiger partial charge in [0.1, 0.15) is 35.3 Å². The molecule has 42 heavy (non-hydrogen) atoms. The second-order valence-electron chi connectivity index (χ2n) is 11.3. The van der Waals surface area contributed by atoms with Crippen LogP contribution in [0.15, 0.2) is 22.9 Å². The first-order valence-electron chi connectivity index (χ1n) is 13.9. The summed E-state index contributed by atoms with van der Waals surface area (Å²) in [6.07, 6.45) is 2.95. The fourth-order valence-electron chi connectivity index (χ4n) is 4.37. The predicted molar refractivity (Wildman–Crippen MR) is 164 cm³/mol. The molecular formula is C28H39Cl2FN6O4Si. The molecule has 1 atom stereocenters. The highest BCUT2D eigenvalue weighted by Gasteiger charge is 2.25. The van der Waals surface area contributed by atoms with Crippen LogP contribution in [0.3, 0.4) is 0 Å². The summed E-state index contributed by atoms with van der Waals surface area (Å²) in [5, 5.41) is 13.6. The summed E-state index contributed by atoms with van der Waals surface area (Å²) in [5.41, 5.74) is 3.01. The summed E-state index contributed by atoms with van der Waals surface area (Å²) >= 11 is 11.7. The van der Waals surface area contributed by atoms with Gasteiger partial charge < -0.3 is 19.9 Å². The molecule has 2 N–H and O–H groups in total. The van der Waals surface area contributed by atoms with E-state index in [1.54, 1.807) is 17.7 Å². The van der Waals surface area contributed by atoms with E-state index >= 15 is 4.39 Å². The van der Waals surface area contributed by atoms with Crippen molar-refractivity contribution in [3.05, 3.63) is 47.0 Å². The van der Waals surface area contributed by atoms with Crippen LogP contribution in [0.1, 0.15) is 53.6 Å². The van der Waals surface area contributed by atoms with E-state index in [-0.39, 0.29) is 30.1 Å². The van der Waals surface area contributed by atoms with Crippen LogP contribution in [0, 0.1) is 19.8 Å². The van der Waals surface area contributed by atoms with Gasteiger partial charge in [0, 0.05) is 31.5 Å². The lowest BCUT2D eigenvalue weighted by Crippen LogP contribution is -2.44. The number of aromatic nitrogens is 4. The minimum atomic E-state index is -1.22. The van der Waals surface area contributed by atoms with E-state index in [1.807, 2.05) is 13.8 Å². The highest BCUT2D eigenvalue weighted by molar-refractivity contribution is 6.76. The first kappa shape index (κ1) is 33.7. The summed E-state index contributed by atoms with van der Waals surface area (Å²) < 4.78 is 27.9. The number of hydrogen-bond acceptors (Lipinski definition) is 7. The zero-order chi connectivity index (χ0) is 31.0. The maximum Gasteiger partial charge on any atom is 0.257 e. The monoisotopic (exact) mass is 640 g/mol. The summed E-state index contributed by atoms with van der Waals surface area (Å²) in [6.45, 7) is 13.2. The number of anilines is 1. The molecule has 0 bridgehead atoms. The number of rotatable bonds is 15. The molecule has 3 aromatic rings. The maximum atomic E-state index is 15.4. The van der Waals surface area contributed by atoms with Gasteiger partial charge in [-0.1, -0.05) is 31.7 Å². The highest BCUT2D eigenvalue weighted by atomic mass is 35.5. The zero-order valence-electron chi connectivity index (χ0n) is 24.9. The molecule has 0 aliphatic carbocycles. The molecule has 0 aromatic carbocycles. The van der Waals surface area contributed by atoms with E-state index in [9.17, 15) is 9.59 Å². The molecule has 1 unspecified atom stereocenters. The van der Waals surface area contributed by atoms with Crippen molar-refractivity contribution in [2.75, 3.05) is 11.9 Å². The lowest BCUT2D eigenvalue weighted by Gasteiger charge is -2.18. The second-order valence-corrected chi connectivity index (χ2v) is 18.2. The number of alkyl halides is 2. The number of carbonyl (C=O) groups is 2. The van der Waals surface area contributed by atoms with Gasteiger partial charge in [-0.2, -0.15) is 9.49 Å². The van der Waals surface area contributed by atoms with Gasteiger partial charge in [0.05, 0.1) is 11.4 Å². The topological polar surface area (TPSA) is 124 Å². The predicted octanol–water partition coefficient (Wildman–Crippen LogP) is 6.27. The van der Waals surface area contributed by atoms with Gasteiger partial charge in [-0.25, -0.2) is 9.67 Å². The van der Waals surface area contributed by atoms with Crippen LogP contribution in [0.25, 0.3) is 11.1 Å². The van der Waals surface area contributed by atoms with Crippen LogP contribution >= 0.6 is 23.2 Å². The van der Waals surface area contributed by atoms with Gasteiger partial charge in [0.15, 0.2) is 0 Å². The van der Waals surface area contributed by atoms with Crippen molar-refractivity contribution in [3.63, 3.8) is 0 Å². The Balaban J connectivity index is 1.76. The Kier molecular flexibility index (Phi) is 12.1. The molecule has 3 rings (SSSR count). The van der Waals surface area contributed by atoms with E-state index in [0.29, 0.717) is 42.8 Å². The molecule has 14 heteroatoms. The van der Waals surface area contributed by atoms with Gasteiger partial charge in [-0.05, 0) is 57.7 Å². The van der Waals surface area contributed by atoms with Gasteiger partial charge in [-0.15, -0.1) is 23.2 Å². The van der Waals surface area contributed by atoms with Crippen LogP contribution in [-0.2, 0) is 22.7 Å². The van der Waals surface area contributed by atoms with Gasteiger partial charge in [0.2, 0.25) is 11.9 Å².